The Bertz CT molecular complexity index is 1140. The van der Waals surface area contributed by atoms with Crippen LogP contribution < -0.4 is 10.4 Å². The van der Waals surface area contributed by atoms with Gasteiger partial charge in [-0.15, -0.1) is 0 Å². The number of hydrogen-bond donors (Lipinski definition) is 0. The molecule has 32 heavy (non-hydrogen) atoms. The molecule has 0 spiro atoms. The van der Waals surface area contributed by atoms with Gasteiger partial charge < -0.3 is 9.47 Å². The summed E-state index contributed by atoms with van der Waals surface area (Å²) in [6, 6.07) is 3.37. The fourth-order valence-electron chi connectivity index (χ4n) is 3.83. The molecule has 10 heteroatoms. The van der Waals surface area contributed by atoms with Crippen LogP contribution in [0.15, 0.2) is 41.6 Å². The van der Waals surface area contributed by atoms with Crippen LogP contribution in [0, 0.1) is 6.92 Å². The predicted molar refractivity (Wildman–Crippen MR) is 111 cm³/mol. The third-order valence-corrected chi connectivity index (χ3v) is 5.43. The number of nitrogens with zero attached hydrogens (tertiary/aromatic N) is 4. The molecule has 1 aliphatic rings. The fraction of sp³-hybridized carbons (Fsp3) is 0.455. The standard InChI is InChI=1S/C22H25F3N4O3/c1-3-28-13-16(10-26-28)12-27-11-15(2)29(21(27)30)18-7-17(22(23,24)25)8-20(9-18)32-14-19-5-4-6-31-19/h7-11,13,19H,3-6,12,14H2,1-2H3/t19-/m0/s1. The lowest BCUT2D eigenvalue weighted by Crippen LogP contribution is -2.24. The lowest BCUT2D eigenvalue weighted by atomic mass is 10.1. The Labute approximate surface area is 183 Å². The van der Waals surface area contributed by atoms with Gasteiger partial charge in [-0.05, 0) is 38.8 Å². The van der Waals surface area contributed by atoms with Crippen LogP contribution in [-0.2, 0) is 24.0 Å². The minimum absolute atomic E-state index is 0.0496. The Morgan fingerprint density at radius 2 is 2.06 bits per heavy atom. The van der Waals surface area contributed by atoms with Crippen molar-refractivity contribution in [2.75, 3.05) is 13.2 Å². The van der Waals surface area contributed by atoms with E-state index in [0.717, 1.165) is 30.5 Å². The molecule has 0 radical (unpaired) electrons. The smallest absolute Gasteiger partial charge is 0.416 e. The summed E-state index contributed by atoms with van der Waals surface area (Å²) in [5.74, 6) is 0.0496. The van der Waals surface area contributed by atoms with Gasteiger partial charge in [0.1, 0.15) is 12.4 Å². The van der Waals surface area contributed by atoms with Crippen LogP contribution in [0.4, 0.5) is 13.2 Å². The summed E-state index contributed by atoms with van der Waals surface area (Å²) in [4.78, 5) is 13.1. The maximum absolute atomic E-state index is 13.6. The summed E-state index contributed by atoms with van der Waals surface area (Å²) in [5.41, 5.74) is 0.141. The first kappa shape index (κ1) is 22.2. The zero-order chi connectivity index (χ0) is 22.9. The predicted octanol–water partition coefficient (Wildman–Crippen LogP) is 3.79. The molecule has 0 N–H and O–H groups in total. The highest BCUT2D eigenvalue weighted by atomic mass is 19.4. The number of ether oxygens (including phenoxy) is 2. The number of rotatable bonds is 7. The Hall–Kier alpha value is -3.01. The van der Waals surface area contributed by atoms with Gasteiger partial charge in [0.2, 0.25) is 0 Å². The number of alkyl halides is 3. The van der Waals surface area contributed by atoms with E-state index in [4.69, 9.17) is 9.47 Å². The molecule has 0 unspecified atom stereocenters. The van der Waals surface area contributed by atoms with Crippen LogP contribution in [0.2, 0.25) is 0 Å². The molecule has 1 saturated heterocycles. The molecular weight excluding hydrogens is 425 g/mol. The molecule has 0 bridgehead atoms. The molecule has 0 saturated carbocycles. The second-order valence-electron chi connectivity index (χ2n) is 7.88. The van der Waals surface area contributed by atoms with Crippen molar-refractivity contribution in [2.45, 2.75) is 52.1 Å². The number of benzene rings is 1. The number of halogens is 3. The van der Waals surface area contributed by atoms with E-state index in [1.54, 1.807) is 24.0 Å². The van der Waals surface area contributed by atoms with E-state index in [1.807, 2.05) is 13.1 Å². The molecule has 172 valence electrons. The second kappa shape index (κ2) is 8.85. The van der Waals surface area contributed by atoms with Crippen molar-refractivity contribution < 1.29 is 22.6 Å². The molecule has 3 aromatic rings. The van der Waals surface area contributed by atoms with E-state index in [-0.39, 0.29) is 30.7 Å². The first-order chi connectivity index (χ1) is 15.2. The van der Waals surface area contributed by atoms with Crippen molar-refractivity contribution >= 4 is 0 Å². The van der Waals surface area contributed by atoms with E-state index in [0.29, 0.717) is 18.8 Å². The first-order valence-electron chi connectivity index (χ1n) is 10.5. The molecule has 1 atom stereocenters. The summed E-state index contributed by atoms with van der Waals surface area (Å²) in [5, 5.41) is 4.19. The fourth-order valence-corrected chi connectivity index (χ4v) is 3.83. The minimum atomic E-state index is -4.58. The van der Waals surface area contributed by atoms with Gasteiger partial charge in [-0.25, -0.2) is 4.79 Å². The third kappa shape index (κ3) is 4.74. The van der Waals surface area contributed by atoms with Crippen molar-refractivity contribution in [3.63, 3.8) is 0 Å². The highest BCUT2D eigenvalue weighted by Crippen LogP contribution is 2.34. The summed E-state index contributed by atoms with van der Waals surface area (Å²) >= 11 is 0. The van der Waals surface area contributed by atoms with Gasteiger partial charge in [0.25, 0.3) is 0 Å². The van der Waals surface area contributed by atoms with Crippen molar-refractivity contribution in [2.24, 2.45) is 0 Å². The molecule has 1 aliphatic heterocycles. The monoisotopic (exact) mass is 450 g/mol. The van der Waals surface area contributed by atoms with Crippen molar-refractivity contribution in [3.8, 4) is 11.4 Å². The average Bonchev–Trinajstić information content (AvgIpc) is 3.47. The zero-order valence-corrected chi connectivity index (χ0v) is 17.9. The summed E-state index contributed by atoms with van der Waals surface area (Å²) in [6.07, 6.45) is 2.13. The molecular formula is C22H25F3N4O3. The maximum Gasteiger partial charge on any atom is 0.416 e. The van der Waals surface area contributed by atoms with Gasteiger partial charge in [-0.3, -0.25) is 13.8 Å². The number of hydrogen-bond acceptors (Lipinski definition) is 4. The highest BCUT2D eigenvalue weighted by molar-refractivity contribution is 5.45. The second-order valence-corrected chi connectivity index (χ2v) is 7.88. The van der Waals surface area contributed by atoms with Crippen molar-refractivity contribution in [1.82, 2.24) is 18.9 Å². The number of aromatic nitrogens is 4. The first-order valence-corrected chi connectivity index (χ1v) is 10.5. The van der Waals surface area contributed by atoms with Crippen molar-refractivity contribution in [3.05, 3.63) is 64.1 Å². The average molecular weight is 450 g/mol. The van der Waals surface area contributed by atoms with Crippen LogP contribution in [0.25, 0.3) is 5.69 Å². The Kier molecular flexibility index (Phi) is 6.14. The molecule has 3 heterocycles. The summed E-state index contributed by atoms with van der Waals surface area (Å²) in [7, 11) is 0. The van der Waals surface area contributed by atoms with Gasteiger partial charge in [0.15, 0.2) is 0 Å². The van der Waals surface area contributed by atoms with Gasteiger partial charge in [-0.1, -0.05) is 0 Å². The largest absolute Gasteiger partial charge is 0.491 e. The van der Waals surface area contributed by atoms with Gasteiger partial charge in [0.05, 0.1) is 30.1 Å². The van der Waals surface area contributed by atoms with E-state index in [9.17, 15) is 18.0 Å². The SMILES string of the molecule is CCn1cc(Cn2cc(C)n(-c3cc(OC[C@@H]4CCCO4)cc(C(F)(F)F)c3)c2=O)cn1. The summed E-state index contributed by atoms with van der Waals surface area (Å²) in [6.45, 7) is 5.40. The minimum Gasteiger partial charge on any atom is -0.491 e. The van der Waals surface area contributed by atoms with Crippen LogP contribution in [0.3, 0.4) is 0 Å². The molecule has 0 amide bonds. The molecule has 0 aliphatic carbocycles. The van der Waals surface area contributed by atoms with Crippen LogP contribution in [-0.4, -0.2) is 38.2 Å². The van der Waals surface area contributed by atoms with E-state index >= 15 is 0 Å². The van der Waals surface area contributed by atoms with E-state index < -0.39 is 17.4 Å². The molecule has 1 aromatic carbocycles. The van der Waals surface area contributed by atoms with Gasteiger partial charge >= 0.3 is 11.9 Å². The molecule has 7 nitrogen and oxygen atoms in total. The third-order valence-electron chi connectivity index (χ3n) is 5.43. The Balaban J connectivity index is 1.67. The number of imidazole rings is 1. The van der Waals surface area contributed by atoms with E-state index in [2.05, 4.69) is 5.10 Å². The Morgan fingerprint density at radius 3 is 2.72 bits per heavy atom. The quantitative estimate of drug-likeness (QED) is 0.550. The summed E-state index contributed by atoms with van der Waals surface area (Å²) < 4.78 is 56.2. The highest BCUT2D eigenvalue weighted by Gasteiger charge is 2.32. The van der Waals surface area contributed by atoms with Gasteiger partial charge in [0, 0.05) is 42.9 Å². The molecule has 2 aromatic heterocycles. The van der Waals surface area contributed by atoms with Crippen LogP contribution in [0.5, 0.6) is 5.75 Å². The molecule has 4 rings (SSSR count). The maximum atomic E-state index is 13.6. The van der Waals surface area contributed by atoms with Crippen molar-refractivity contribution in [1.29, 1.82) is 0 Å². The van der Waals surface area contributed by atoms with E-state index in [1.165, 1.54) is 15.2 Å². The Morgan fingerprint density at radius 1 is 1.25 bits per heavy atom. The lowest BCUT2D eigenvalue weighted by molar-refractivity contribution is -0.137. The lowest BCUT2D eigenvalue weighted by Gasteiger charge is -2.16. The molecule has 1 fully saturated rings. The van der Waals surface area contributed by atoms with Gasteiger partial charge in [-0.2, -0.15) is 18.3 Å². The topological polar surface area (TPSA) is 63.2 Å². The normalized spacial score (nSPS) is 16.6. The van der Waals surface area contributed by atoms with Crippen LogP contribution >= 0.6 is 0 Å². The zero-order valence-electron chi connectivity index (χ0n) is 17.9. The van der Waals surface area contributed by atoms with Crippen LogP contribution in [0.1, 0.15) is 36.6 Å². The number of aryl methyl sites for hydroxylation is 2.